The van der Waals surface area contributed by atoms with E-state index in [1.54, 1.807) is 11.8 Å². The molecular formula is C23H35F2N7O4S. The van der Waals surface area contributed by atoms with E-state index >= 15 is 8.78 Å². The van der Waals surface area contributed by atoms with E-state index < -0.39 is 23.8 Å². The van der Waals surface area contributed by atoms with Crippen LogP contribution in [0.2, 0.25) is 0 Å². The largest absolute Gasteiger partial charge is 0.442 e. The highest BCUT2D eigenvalue weighted by molar-refractivity contribution is 7.80. The summed E-state index contributed by atoms with van der Waals surface area (Å²) in [7, 11) is 3.54. The molecule has 2 amide bonds. The fourth-order valence-corrected chi connectivity index (χ4v) is 4.43. The Morgan fingerprint density at radius 3 is 2.43 bits per heavy atom. The van der Waals surface area contributed by atoms with Crippen LogP contribution in [0, 0.1) is 11.6 Å². The maximum absolute atomic E-state index is 15.2. The van der Waals surface area contributed by atoms with Crippen molar-refractivity contribution in [3.63, 3.8) is 0 Å². The molecule has 2 saturated heterocycles. The van der Waals surface area contributed by atoms with Crippen molar-refractivity contribution in [2.24, 2.45) is 0 Å². The van der Waals surface area contributed by atoms with Gasteiger partial charge < -0.3 is 19.9 Å². The first kappa shape index (κ1) is 28.8. The Labute approximate surface area is 221 Å². The fourth-order valence-electron chi connectivity index (χ4n) is 4.13. The zero-order valence-electron chi connectivity index (χ0n) is 21.6. The topological polar surface area (TPSA) is 92.9 Å². The molecule has 14 heteroatoms. The fraction of sp³-hybridized carbons (Fsp3) is 0.609. The van der Waals surface area contributed by atoms with E-state index in [0.29, 0.717) is 11.7 Å². The van der Waals surface area contributed by atoms with Gasteiger partial charge in [-0.25, -0.2) is 23.6 Å². The smallest absolute Gasteiger partial charge is 0.414 e. The number of ether oxygens (including phenoxy) is 1. The number of amides is 2. The minimum absolute atomic E-state index is 0.0428. The molecular weight excluding hydrogens is 508 g/mol. The number of hydroxylamine groups is 2. The molecule has 37 heavy (non-hydrogen) atoms. The molecule has 2 N–H and O–H groups in total. The zero-order valence-corrected chi connectivity index (χ0v) is 22.4. The second-order valence-corrected chi connectivity index (χ2v) is 9.27. The number of nitrogens with zero attached hydrogens (tertiary/aromatic N) is 5. The van der Waals surface area contributed by atoms with Crippen LogP contribution >= 0.6 is 12.2 Å². The highest BCUT2D eigenvalue weighted by atomic mass is 32.1. The van der Waals surface area contributed by atoms with Crippen LogP contribution in [0.4, 0.5) is 25.0 Å². The lowest BCUT2D eigenvalue weighted by Gasteiger charge is -2.35. The SMILES string of the molecule is CCN(CCN(OC)C(=S)NN1CCN(C)CC1)c1c(F)cc(N2C[C@H](CNC(C)=O)OC2=O)cc1F. The molecule has 1 aromatic carbocycles. The minimum atomic E-state index is -0.808. The number of halogens is 2. The van der Waals surface area contributed by atoms with Crippen molar-refractivity contribution >= 4 is 40.7 Å². The van der Waals surface area contributed by atoms with Crippen LogP contribution in [-0.2, 0) is 14.4 Å². The van der Waals surface area contributed by atoms with Crippen molar-refractivity contribution in [2.75, 3.05) is 82.9 Å². The van der Waals surface area contributed by atoms with Crippen LogP contribution in [0.1, 0.15) is 13.8 Å². The van der Waals surface area contributed by atoms with Gasteiger partial charge in [0.05, 0.1) is 32.4 Å². The quantitative estimate of drug-likeness (QED) is 0.331. The number of nitrogens with one attached hydrogen (secondary N) is 2. The summed E-state index contributed by atoms with van der Waals surface area (Å²) in [5.41, 5.74) is 2.99. The number of hydrogen-bond donors (Lipinski definition) is 2. The zero-order chi connectivity index (χ0) is 27.1. The number of hydrazine groups is 1. The summed E-state index contributed by atoms with van der Waals surface area (Å²) in [5, 5.41) is 6.40. The number of hydrogen-bond acceptors (Lipinski definition) is 8. The molecule has 206 valence electrons. The molecule has 2 aliphatic rings. The lowest BCUT2D eigenvalue weighted by Crippen LogP contribution is -2.56. The van der Waals surface area contributed by atoms with Gasteiger partial charge in [-0.1, -0.05) is 0 Å². The molecule has 1 atom stereocenters. The van der Waals surface area contributed by atoms with E-state index in [9.17, 15) is 9.59 Å². The summed E-state index contributed by atoms with van der Waals surface area (Å²) in [6.45, 7) is 7.55. The molecule has 11 nitrogen and oxygen atoms in total. The Balaban J connectivity index is 1.63. The van der Waals surface area contributed by atoms with Crippen LogP contribution in [0.5, 0.6) is 0 Å². The minimum Gasteiger partial charge on any atom is -0.442 e. The standard InChI is InChI=1S/C23H35F2N7O4S/c1-5-29(8-11-32(35-4)22(37)27-30-9-6-28(3)7-10-30)21-19(24)12-17(13-20(21)25)31-15-18(36-23(31)34)14-26-16(2)33/h12-13,18H,5-11,14-15H2,1-4H3,(H,26,33)(H,27,37)/t18-/m0/s1. The second-order valence-electron chi connectivity index (χ2n) is 8.88. The van der Waals surface area contributed by atoms with Gasteiger partial charge in [0.1, 0.15) is 11.8 Å². The summed E-state index contributed by atoms with van der Waals surface area (Å²) in [6.07, 6.45) is -1.34. The average Bonchev–Trinajstić information content (AvgIpc) is 3.23. The first-order chi connectivity index (χ1) is 17.6. The number of carbonyl (C=O) groups excluding carboxylic acids is 2. The molecule has 2 aliphatic heterocycles. The molecule has 0 saturated carbocycles. The van der Waals surface area contributed by atoms with Crippen molar-refractivity contribution in [3.8, 4) is 0 Å². The molecule has 2 heterocycles. The number of thiocarbonyl (C=S) groups is 1. The molecule has 0 radical (unpaired) electrons. The molecule has 3 rings (SSSR count). The van der Waals surface area contributed by atoms with Gasteiger partial charge in [-0.2, -0.15) is 0 Å². The molecule has 0 unspecified atom stereocenters. The lowest BCUT2D eigenvalue weighted by molar-refractivity contribution is -0.119. The average molecular weight is 544 g/mol. The van der Waals surface area contributed by atoms with Crippen molar-refractivity contribution in [2.45, 2.75) is 20.0 Å². The molecule has 0 aliphatic carbocycles. The summed E-state index contributed by atoms with van der Waals surface area (Å²) in [6, 6.07) is 2.22. The van der Waals surface area contributed by atoms with E-state index in [4.69, 9.17) is 21.8 Å². The van der Waals surface area contributed by atoms with Crippen molar-refractivity contribution < 1.29 is 27.9 Å². The van der Waals surface area contributed by atoms with Gasteiger partial charge in [-0.3, -0.25) is 20.0 Å². The number of likely N-dealkylation sites (N-methyl/N-ethyl adjacent to an activating group) is 2. The van der Waals surface area contributed by atoms with E-state index in [-0.39, 0.29) is 43.5 Å². The van der Waals surface area contributed by atoms with Gasteiger partial charge in [0, 0.05) is 58.3 Å². The number of anilines is 2. The third kappa shape index (κ3) is 7.60. The Morgan fingerprint density at radius 2 is 1.86 bits per heavy atom. The summed E-state index contributed by atoms with van der Waals surface area (Å²) in [4.78, 5) is 33.7. The van der Waals surface area contributed by atoms with Gasteiger partial charge >= 0.3 is 6.09 Å². The van der Waals surface area contributed by atoms with Gasteiger partial charge in [0.15, 0.2) is 11.6 Å². The van der Waals surface area contributed by atoms with Crippen LogP contribution in [-0.4, -0.2) is 111 Å². The van der Waals surface area contributed by atoms with Gasteiger partial charge in [0.25, 0.3) is 0 Å². The molecule has 0 spiro atoms. The summed E-state index contributed by atoms with van der Waals surface area (Å²) < 4.78 is 35.5. The third-order valence-electron chi connectivity index (χ3n) is 6.24. The number of carbonyl (C=O) groups is 2. The second kappa shape index (κ2) is 13.1. The Hall–Kier alpha value is -2.81. The molecule has 1 aromatic rings. The lowest BCUT2D eigenvalue weighted by atomic mass is 10.2. The normalized spacial score (nSPS) is 18.5. The number of cyclic esters (lactones) is 1. The first-order valence-electron chi connectivity index (χ1n) is 12.1. The number of benzene rings is 1. The Morgan fingerprint density at radius 1 is 1.22 bits per heavy atom. The predicted molar refractivity (Wildman–Crippen MR) is 139 cm³/mol. The van der Waals surface area contributed by atoms with Gasteiger partial charge in [0.2, 0.25) is 11.0 Å². The van der Waals surface area contributed by atoms with Crippen LogP contribution < -0.4 is 20.5 Å². The monoisotopic (exact) mass is 543 g/mol. The molecule has 0 bridgehead atoms. The highest BCUT2D eigenvalue weighted by Gasteiger charge is 2.33. The highest BCUT2D eigenvalue weighted by Crippen LogP contribution is 2.31. The third-order valence-corrected chi connectivity index (χ3v) is 6.54. The number of piperazine rings is 1. The van der Waals surface area contributed by atoms with E-state index in [0.717, 1.165) is 43.2 Å². The first-order valence-corrected chi connectivity index (χ1v) is 12.6. The van der Waals surface area contributed by atoms with Crippen molar-refractivity contribution in [1.29, 1.82) is 0 Å². The van der Waals surface area contributed by atoms with Crippen LogP contribution in [0.3, 0.4) is 0 Å². The predicted octanol–water partition coefficient (Wildman–Crippen LogP) is 1.15. The molecule has 2 fully saturated rings. The number of rotatable bonds is 10. The summed E-state index contributed by atoms with van der Waals surface area (Å²) in [5.74, 6) is -1.88. The Bertz CT molecular complexity index is 957. The van der Waals surface area contributed by atoms with E-state index in [1.165, 1.54) is 19.1 Å². The maximum atomic E-state index is 15.2. The van der Waals surface area contributed by atoms with Gasteiger partial charge in [-0.15, -0.1) is 0 Å². The maximum Gasteiger partial charge on any atom is 0.414 e. The van der Waals surface area contributed by atoms with E-state index in [1.807, 2.05) is 5.01 Å². The van der Waals surface area contributed by atoms with Crippen LogP contribution in [0.15, 0.2) is 12.1 Å². The molecule has 0 aromatic heterocycles. The van der Waals surface area contributed by atoms with Crippen LogP contribution in [0.25, 0.3) is 0 Å². The van der Waals surface area contributed by atoms with Crippen molar-refractivity contribution in [3.05, 3.63) is 23.8 Å². The van der Waals surface area contributed by atoms with Crippen molar-refractivity contribution in [1.82, 2.24) is 25.7 Å². The van der Waals surface area contributed by atoms with Gasteiger partial charge in [-0.05, 0) is 26.2 Å². The Kier molecular flexibility index (Phi) is 10.2. The van der Waals surface area contributed by atoms with E-state index in [2.05, 4.69) is 22.7 Å². The summed E-state index contributed by atoms with van der Waals surface area (Å²) >= 11 is 5.47.